The topological polar surface area (TPSA) is 82.2 Å². The van der Waals surface area contributed by atoms with E-state index >= 15 is 0 Å². The third-order valence-electron chi connectivity index (χ3n) is 6.31. The molecule has 3 aromatic rings. The van der Waals surface area contributed by atoms with Crippen LogP contribution >= 0.6 is 0 Å². The molecule has 1 atom stereocenters. The lowest BCUT2D eigenvalue weighted by Crippen LogP contribution is -2.38. The number of nitrogens with one attached hydrogen (secondary N) is 1. The monoisotopic (exact) mass is 445 g/mol. The number of carbonyl (C=O) groups is 2. The lowest BCUT2D eigenvalue weighted by Gasteiger charge is -2.24. The maximum atomic E-state index is 13.4. The maximum Gasteiger partial charge on any atom is 0.274 e. The van der Waals surface area contributed by atoms with Crippen molar-refractivity contribution in [1.29, 1.82) is 0 Å². The molecule has 172 valence electrons. The highest BCUT2D eigenvalue weighted by molar-refractivity contribution is 5.93. The predicted octanol–water partition coefficient (Wildman–Crippen LogP) is 3.76. The van der Waals surface area contributed by atoms with Crippen molar-refractivity contribution in [1.82, 2.24) is 25.0 Å². The largest absolute Gasteiger partial charge is 0.341 e. The number of rotatable bonds is 6. The molecule has 0 saturated carbocycles. The van der Waals surface area contributed by atoms with E-state index in [0.717, 1.165) is 22.4 Å². The van der Waals surface area contributed by atoms with Gasteiger partial charge in [-0.2, -0.15) is 5.10 Å². The van der Waals surface area contributed by atoms with Gasteiger partial charge in [0.15, 0.2) is 0 Å². The zero-order valence-corrected chi connectivity index (χ0v) is 19.5. The molecule has 1 N–H and O–H groups in total. The SMILES string of the molecule is CCN1CCN(C(=O)c2cc(C(C)C)[nH]n2)C[C@@H](Cc2ccccc2-c2cccnc2)C1=O. The molecule has 0 unspecified atom stereocenters. The van der Waals surface area contributed by atoms with Crippen molar-refractivity contribution in [3.63, 3.8) is 0 Å². The van der Waals surface area contributed by atoms with Gasteiger partial charge in [0.25, 0.3) is 5.91 Å². The third-order valence-corrected chi connectivity index (χ3v) is 6.31. The molecule has 2 amide bonds. The van der Waals surface area contributed by atoms with Crippen molar-refractivity contribution >= 4 is 11.8 Å². The summed E-state index contributed by atoms with van der Waals surface area (Å²) >= 11 is 0. The van der Waals surface area contributed by atoms with Gasteiger partial charge in [0.1, 0.15) is 5.69 Å². The fraction of sp³-hybridized carbons (Fsp3) is 0.385. The number of nitrogens with zero attached hydrogens (tertiary/aromatic N) is 4. The predicted molar refractivity (Wildman–Crippen MR) is 128 cm³/mol. The minimum Gasteiger partial charge on any atom is -0.341 e. The van der Waals surface area contributed by atoms with Gasteiger partial charge in [-0.25, -0.2) is 0 Å². The molecule has 1 aromatic carbocycles. The number of H-pyrrole nitrogens is 1. The van der Waals surface area contributed by atoms with E-state index in [2.05, 4.69) is 41.2 Å². The second-order valence-electron chi connectivity index (χ2n) is 8.83. The molecule has 0 spiro atoms. The summed E-state index contributed by atoms with van der Waals surface area (Å²) in [4.78, 5) is 34.6. The van der Waals surface area contributed by atoms with Gasteiger partial charge < -0.3 is 9.80 Å². The molecular formula is C26H31N5O2. The number of pyridine rings is 1. The Morgan fingerprint density at radius 2 is 2.00 bits per heavy atom. The summed E-state index contributed by atoms with van der Waals surface area (Å²) in [5.74, 6) is -0.0945. The molecule has 7 nitrogen and oxygen atoms in total. The van der Waals surface area contributed by atoms with Crippen molar-refractivity contribution < 1.29 is 9.59 Å². The lowest BCUT2D eigenvalue weighted by molar-refractivity contribution is -0.134. The molecule has 0 radical (unpaired) electrons. The minimum absolute atomic E-state index is 0.0960. The second kappa shape index (κ2) is 9.98. The van der Waals surface area contributed by atoms with Crippen molar-refractivity contribution in [2.45, 2.75) is 33.1 Å². The molecule has 2 aromatic heterocycles. The zero-order chi connectivity index (χ0) is 23.4. The number of amides is 2. The van der Waals surface area contributed by atoms with Crippen LogP contribution in [0.5, 0.6) is 0 Å². The number of carbonyl (C=O) groups excluding carboxylic acids is 2. The van der Waals surface area contributed by atoms with E-state index in [0.29, 0.717) is 38.3 Å². The van der Waals surface area contributed by atoms with Crippen LogP contribution in [0.4, 0.5) is 0 Å². The summed E-state index contributed by atoms with van der Waals surface area (Å²) in [6.07, 6.45) is 4.15. The van der Waals surface area contributed by atoms with E-state index in [9.17, 15) is 9.59 Å². The van der Waals surface area contributed by atoms with Crippen LogP contribution < -0.4 is 0 Å². The highest BCUT2D eigenvalue weighted by atomic mass is 16.2. The van der Waals surface area contributed by atoms with Gasteiger partial charge in [0.2, 0.25) is 5.91 Å². The van der Waals surface area contributed by atoms with Crippen LogP contribution in [0.3, 0.4) is 0 Å². The van der Waals surface area contributed by atoms with Crippen molar-refractivity contribution in [3.8, 4) is 11.1 Å². The molecule has 1 fully saturated rings. The van der Waals surface area contributed by atoms with Crippen molar-refractivity contribution in [2.75, 3.05) is 26.2 Å². The molecule has 3 heterocycles. The average Bonchev–Trinajstić information content (AvgIpc) is 3.28. The highest BCUT2D eigenvalue weighted by Crippen LogP contribution is 2.27. The molecular weight excluding hydrogens is 414 g/mol. The van der Waals surface area contributed by atoms with E-state index in [4.69, 9.17) is 0 Å². The molecule has 7 heteroatoms. The second-order valence-corrected chi connectivity index (χ2v) is 8.83. The summed E-state index contributed by atoms with van der Waals surface area (Å²) in [7, 11) is 0. The van der Waals surface area contributed by atoms with Crippen LogP contribution in [0, 0.1) is 5.92 Å². The number of likely N-dealkylation sites (N-methyl/N-ethyl adjacent to an activating group) is 1. The molecule has 1 saturated heterocycles. The van der Waals surface area contributed by atoms with Gasteiger partial charge in [-0.3, -0.25) is 19.7 Å². The van der Waals surface area contributed by atoms with Gasteiger partial charge in [0.05, 0.1) is 5.92 Å². The Labute approximate surface area is 194 Å². The number of benzene rings is 1. The van der Waals surface area contributed by atoms with Crippen LogP contribution in [-0.4, -0.2) is 63.0 Å². The first-order chi connectivity index (χ1) is 16.0. The summed E-state index contributed by atoms with van der Waals surface area (Å²) in [5.41, 5.74) is 4.51. The molecule has 0 aliphatic carbocycles. The van der Waals surface area contributed by atoms with Crippen LogP contribution in [-0.2, 0) is 11.2 Å². The first kappa shape index (κ1) is 22.7. The Kier molecular flexibility index (Phi) is 6.87. The van der Waals surface area contributed by atoms with E-state index in [-0.39, 0.29) is 23.7 Å². The third kappa shape index (κ3) is 4.97. The number of aromatic nitrogens is 3. The average molecular weight is 446 g/mol. The van der Waals surface area contributed by atoms with Gasteiger partial charge in [0, 0.05) is 49.8 Å². The van der Waals surface area contributed by atoms with Crippen LogP contribution in [0.1, 0.15) is 48.4 Å². The molecule has 1 aliphatic rings. The van der Waals surface area contributed by atoms with Crippen LogP contribution in [0.15, 0.2) is 54.9 Å². The standard InChI is InChI=1S/C26H31N5O2/c1-4-30-12-13-31(26(33)24-15-23(18(2)3)28-29-24)17-21(25(30)32)14-19-8-5-6-10-22(19)20-9-7-11-27-16-20/h5-11,15-16,18,21H,4,12-14,17H2,1-3H3,(H,28,29)/t21-/m1/s1. The normalized spacial score (nSPS) is 16.8. The van der Waals surface area contributed by atoms with E-state index in [1.165, 1.54) is 0 Å². The van der Waals surface area contributed by atoms with Crippen molar-refractivity contribution in [2.24, 2.45) is 5.92 Å². The summed E-state index contributed by atoms with van der Waals surface area (Å²) in [5, 5.41) is 7.21. The summed E-state index contributed by atoms with van der Waals surface area (Å²) < 4.78 is 0. The summed E-state index contributed by atoms with van der Waals surface area (Å²) in [6.45, 7) is 8.13. The Hall–Kier alpha value is -3.48. The number of aromatic amines is 1. The molecule has 1 aliphatic heterocycles. The molecule has 4 rings (SSSR count). The molecule has 0 bridgehead atoms. The first-order valence-corrected chi connectivity index (χ1v) is 11.6. The van der Waals surface area contributed by atoms with Gasteiger partial charge in [-0.05, 0) is 42.5 Å². The Balaban J connectivity index is 1.61. The van der Waals surface area contributed by atoms with Crippen LogP contribution in [0.2, 0.25) is 0 Å². The fourth-order valence-electron chi connectivity index (χ4n) is 4.37. The Morgan fingerprint density at radius 3 is 2.70 bits per heavy atom. The van der Waals surface area contributed by atoms with E-state index in [1.54, 1.807) is 11.1 Å². The Bertz CT molecular complexity index is 1110. The quantitative estimate of drug-likeness (QED) is 0.626. The first-order valence-electron chi connectivity index (χ1n) is 11.6. The zero-order valence-electron chi connectivity index (χ0n) is 19.5. The lowest BCUT2D eigenvalue weighted by atomic mass is 9.91. The smallest absolute Gasteiger partial charge is 0.274 e. The molecule has 33 heavy (non-hydrogen) atoms. The maximum absolute atomic E-state index is 13.4. The van der Waals surface area contributed by atoms with Gasteiger partial charge in [-0.15, -0.1) is 0 Å². The fourth-order valence-corrected chi connectivity index (χ4v) is 4.37. The number of hydrogen-bond donors (Lipinski definition) is 1. The number of hydrogen-bond acceptors (Lipinski definition) is 4. The van der Waals surface area contributed by atoms with E-state index in [1.807, 2.05) is 48.4 Å². The van der Waals surface area contributed by atoms with Gasteiger partial charge >= 0.3 is 0 Å². The summed E-state index contributed by atoms with van der Waals surface area (Å²) in [6, 6.07) is 13.9. The Morgan fingerprint density at radius 1 is 1.18 bits per heavy atom. The van der Waals surface area contributed by atoms with Gasteiger partial charge in [-0.1, -0.05) is 44.2 Å². The van der Waals surface area contributed by atoms with Crippen LogP contribution in [0.25, 0.3) is 11.1 Å². The minimum atomic E-state index is -0.322. The highest BCUT2D eigenvalue weighted by Gasteiger charge is 2.33. The van der Waals surface area contributed by atoms with E-state index < -0.39 is 0 Å². The van der Waals surface area contributed by atoms with Crippen molar-refractivity contribution in [3.05, 3.63) is 71.8 Å².